The monoisotopic (exact) mass is 266 g/mol. The molecule has 88 valence electrons. The van der Waals surface area contributed by atoms with Crippen LogP contribution in [0.25, 0.3) is 0 Å². The molecule has 0 unspecified atom stereocenters. The number of aliphatic hydroxyl groups is 1. The minimum absolute atomic E-state index is 0.527. The summed E-state index contributed by atoms with van der Waals surface area (Å²) in [5, 5.41) is 11.3. The summed E-state index contributed by atoms with van der Waals surface area (Å²) in [5.74, 6) is 0. The molecule has 1 N–H and O–H groups in total. The van der Waals surface area contributed by atoms with Crippen LogP contribution in [0.15, 0.2) is 42.5 Å². The second-order valence-corrected chi connectivity index (χ2v) is 4.89. The van der Waals surface area contributed by atoms with Gasteiger partial charge >= 0.3 is 0 Å². The van der Waals surface area contributed by atoms with Crippen molar-refractivity contribution in [2.75, 3.05) is 0 Å². The fourth-order valence-corrected chi connectivity index (χ4v) is 2.31. The first-order valence-corrected chi connectivity index (χ1v) is 6.02. The second kappa shape index (κ2) is 5.09. The fraction of sp³-hybridized carbons (Fsp3) is 0.143. The Balaban J connectivity index is 2.39. The summed E-state index contributed by atoms with van der Waals surface area (Å²) in [4.78, 5) is 0. The van der Waals surface area contributed by atoms with Crippen molar-refractivity contribution >= 4 is 23.2 Å². The standard InChI is InChI=1S/C14H12Cl2O/c1-9-3-2-4-10(5-9)14(17)11-6-12(15)8-13(16)7-11/h2-8,14,17H,1H3/t14-/m0/s1. The number of aliphatic hydroxyl groups excluding tert-OH is 1. The summed E-state index contributed by atoms with van der Waals surface area (Å²) in [6.45, 7) is 1.99. The summed E-state index contributed by atoms with van der Waals surface area (Å²) in [6.07, 6.45) is -0.703. The molecule has 0 aromatic heterocycles. The number of rotatable bonds is 2. The zero-order valence-corrected chi connectivity index (χ0v) is 10.8. The highest BCUT2D eigenvalue weighted by molar-refractivity contribution is 6.34. The molecule has 1 nitrogen and oxygen atoms in total. The zero-order chi connectivity index (χ0) is 12.4. The molecule has 0 aliphatic rings. The van der Waals surface area contributed by atoms with Gasteiger partial charge in [-0.2, -0.15) is 0 Å². The molecule has 0 spiro atoms. The molecule has 0 heterocycles. The molecule has 0 saturated carbocycles. The van der Waals surface area contributed by atoms with E-state index in [-0.39, 0.29) is 0 Å². The Labute approximate surface area is 111 Å². The molecule has 0 amide bonds. The minimum Gasteiger partial charge on any atom is -0.384 e. The van der Waals surface area contributed by atoms with Crippen molar-refractivity contribution in [1.29, 1.82) is 0 Å². The summed E-state index contributed by atoms with van der Waals surface area (Å²) in [5.41, 5.74) is 2.64. The lowest BCUT2D eigenvalue weighted by molar-refractivity contribution is 0.220. The van der Waals surface area contributed by atoms with Crippen molar-refractivity contribution in [2.45, 2.75) is 13.0 Å². The average molecular weight is 267 g/mol. The van der Waals surface area contributed by atoms with E-state index in [4.69, 9.17) is 23.2 Å². The van der Waals surface area contributed by atoms with Crippen LogP contribution in [0.1, 0.15) is 22.8 Å². The van der Waals surface area contributed by atoms with E-state index in [0.717, 1.165) is 11.1 Å². The van der Waals surface area contributed by atoms with Gasteiger partial charge in [-0.3, -0.25) is 0 Å². The van der Waals surface area contributed by atoms with E-state index < -0.39 is 6.10 Å². The predicted octanol–water partition coefficient (Wildman–Crippen LogP) is 4.38. The quantitative estimate of drug-likeness (QED) is 0.855. The number of aryl methyl sites for hydroxylation is 1. The summed E-state index contributed by atoms with van der Waals surface area (Å²) < 4.78 is 0. The number of hydrogen-bond acceptors (Lipinski definition) is 1. The molecule has 17 heavy (non-hydrogen) atoms. The van der Waals surface area contributed by atoms with Gasteiger partial charge in [0.1, 0.15) is 6.10 Å². The van der Waals surface area contributed by atoms with Gasteiger partial charge in [0.2, 0.25) is 0 Å². The van der Waals surface area contributed by atoms with Crippen molar-refractivity contribution in [2.24, 2.45) is 0 Å². The Bertz CT molecular complexity index is 517. The predicted molar refractivity (Wildman–Crippen MR) is 71.7 cm³/mol. The van der Waals surface area contributed by atoms with Gasteiger partial charge < -0.3 is 5.11 Å². The third-order valence-corrected chi connectivity index (χ3v) is 2.99. The first-order valence-electron chi connectivity index (χ1n) is 5.27. The van der Waals surface area contributed by atoms with Crippen LogP contribution in [0.4, 0.5) is 0 Å². The van der Waals surface area contributed by atoms with Crippen LogP contribution in [0.2, 0.25) is 10.0 Å². The number of halogens is 2. The Morgan fingerprint density at radius 1 is 0.941 bits per heavy atom. The summed E-state index contributed by atoms with van der Waals surface area (Å²) in [7, 11) is 0. The molecule has 0 aliphatic carbocycles. The van der Waals surface area contributed by atoms with E-state index in [1.807, 2.05) is 31.2 Å². The SMILES string of the molecule is Cc1cccc([C@H](O)c2cc(Cl)cc(Cl)c2)c1. The largest absolute Gasteiger partial charge is 0.384 e. The molecule has 0 aliphatic heterocycles. The summed E-state index contributed by atoms with van der Waals surface area (Å²) in [6, 6.07) is 12.8. The van der Waals surface area contributed by atoms with Gasteiger partial charge in [-0.15, -0.1) is 0 Å². The molecule has 0 saturated heterocycles. The van der Waals surface area contributed by atoms with Gasteiger partial charge in [0.05, 0.1) is 0 Å². The highest BCUT2D eigenvalue weighted by Gasteiger charge is 2.11. The Kier molecular flexibility index (Phi) is 3.72. The van der Waals surface area contributed by atoms with Crippen molar-refractivity contribution in [3.05, 3.63) is 69.2 Å². The molecule has 0 bridgehead atoms. The van der Waals surface area contributed by atoms with Gasteiger partial charge in [0.25, 0.3) is 0 Å². The Morgan fingerprint density at radius 2 is 1.59 bits per heavy atom. The van der Waals surface area contributed by atoms with E-state index in [0.29, 0.717) is 15.6 Å². The van der Waals surface area contributed by atoms with Crippen LogP contribution in [-0.2, 0) is 0 Å². The van der Waals surface area contributed by atoms with Gasteiger partial charge in [-0.25, -0.2) is 0 Å². The van der Waals surface area contributed by atoms with Crippen LogP contribution >= 0.6 is 23.2 Å². The van der Waals surface area contributed by atoms with E-state index in [2.05, 4.69) is 0 Å². The van der Waals surface area contributed by atoms with Gasteiger partial charge in [-0.1, -0.05) is 53.0 Å². The van der Waals surface area contributed by atoms with Gasteiger partial charge in [0, 0.05) is 10.0 Å². The number of benzene rings is 2. The maximum Gasteiger partial charge on any atom is 0.104 e. The van der Waals surface area contributed by atoms with Crippen LogP contribution < -0.4 is 0 Å². The maximum absolute atomic E-state index is 10.2. The lowest BCUT2D eigenvalue weighted by atomic mass is 10.0. The molecule has 2 rings (SSSR count). The van der Waals surface area contributed by atoms with Gasteiger partial charge in [0.15, 0.2) is 0 Å². The Morgan fingerprint density at radius 3 is 2.18 bits per heavy atom. The van der Waals surface area contributed by atoms with Crippen molar-refractivity contribution in [1.82, 2.24) is 0 Å². The first kappa shape index (κ1) is 12.4. The minimum atomic E-state index is -0.703. The molecule has 3 heteroatoms. The van der Waals surface area contributed by atoms with Crippen molar-refractivity contribution in [3.8, 4) is 0 Å². The lowest BCUT2D eigenvalue weighted by Gasteiger charge is -2.13. The second-order valence-electron chi connectivity index (χ2n) is 4.02. The molecular weight excluding hydrogens is 255 g/mol. The smallest absolute Gasteiger partial charge is 0.104 e. The highest BCUT2D eigenvalue weighted by Crippen LogP contribution is 2.27. The normalized spacial score (nSPS) is 12.5. The molecule has 1 atom stereocenters. The van der Waals surface area contributed by atoms with E-state index in [9.17, 15) is 5.11 Å². The number of hydrogen-bond donors (Lipinski definition) is 1. The topological polar surface area (TPSA) is 20.2 Å². The molecule has 2 aromatic rings. The fourth-order valence-electron chi connectivity index (χ4n) is 1.77. The lowest BCUT2D eigenvalue weighted by Crippen LogP contribution is -1.99. The Hall–Kier alpha value is -1.02. The maximum atomic E-state index is 10.2. The average Bonchev–Trinajstić information content (AvgIpc) is 2.26. The van der Waals surface area contributed by atoms with E-state index in [1.165, 1.54) is 0 Å². The molecule has 0 radical (unpaired) electrons. The van der Waals surface area contributed by atoms with Crippen LogP contribution in [0.5, 0.6) is 0 Å². The van der Waals surface area contributed by atoms with Crippen LogP contribution in [0, 0.1) is 6.92 Å². The third kappa shape index (κ3) is 3.01. The van der Waals surface area contributed by atoms with E-state index in [1.54, 1.807) is 18.2 Å². The van der Waals surface area contributed by atoms with Crippen LogP contribution in [-0.4, -0.2) is 5.11 Å². The molecule has 0 fully saturated rings. The summed E-state index contributed by atoms with van der Waals surface area (Å²) >= 11 is 11.8. The van der Waals surface area contributed by atoms with Crippen molar-refractivity contribution in [3.63, 3.8) is 0 Å². The highest BCUT2D eigenvalue weighted by atomic mass is 35.5. The van der Waals surface area contributed by atoms with E-state index >= 15 is 0 Å². The molecular formula is C14H12Cl2O. The van der Waals surface area contributed by atoms with Crippen molar-refractivity contribution < 1.29 is 5.11 Å². The van der Waals surface area contributed by atoms with Gasteiger partial charge in [-0.05, 0) is 36.2 Å². The zero-order valence-electron chi connectivity index (χ0n) is 9.32. The third-order valence-electron chi connectivity index (χ3n) is 2.56. The van der Waals surface area contributed by atoms with Crippen LogP contribution in [0.3, 0.4) is 0 Å². The first-order chi connectivity index (χ1) is 8.06. The molecule has 2 aromatic carbocycles.